The Kier molecular flexibility index (Phi) is 3.03. The summed E-state index contributed by atoms with van der Waals surface area (Å²) in [6, 6.07) is 6.48. The quantitative estimate of drug-likeness (QED) is 0.513. The van der Waals surface area contributed by atoms with Crippen molar-refractivity contribution in [3.63, 3.8) is 0 Å². The zero-order valence-electron chi connectivity index (χ0n) is 6.99. The van der Waals surface area contributed by atoms with Crippen LogP contribution in [0.15, 0.2) is 24.3 Å². The minimum Gasteiger partial charge on any atom is -0.399 e. The van der Waals surface area contributed by atoms with Crippen molar-refractivity contribution < 1.29 is 9.59 Å². The third kappa shape index (κ3) is 2.59. The molecule has 1 amide bonds. The van der Waals surface area contributed by atoms with Crippen LogP contribution in [0.3, 0.4) is 0 Å². The van der Waals surface area contributed by atoms with Crippen LogP contribution in [0.5, 0.6) is 0 Å². The smallest absolute Gasteiger partial charge is 0.251 e. The van der Waals surface area contributed by atoms with E-state index in [1.165, 1.54) is 0 Å². The molecule has 68 valence electrons. The van der Waals surface area contributed by atoms with Crippen molar-refractivity contribution in [1.29, 1.82) is 0 Å². The molecule has 0 radical (unpaired) electrons. The Balaban J connectivity index is 2.66. The minimum absolute atomic E-state index is 0.0310. The molecule has 0 saturated carbocycles. The molecule has 13 heavy (non-hydrogen) atoms. The molecule has 0 heterocycles. The second-order valence-corrected chi connectivity index (χ2v) is 2.50. The molecule has 0 aromatic heterocycles. The molecule has 0 atom stereocenters. The third-order valence-electron chi connectivity index (χ3n) is 1.52. The fourth-order valence-electron chi connectivity index (χ4n) is 0.871. The maximum atomic E-state index is 11.2. The van der Waals surface area contributed by atoms with E-state index in [-0.39, 0.29) is 12.5 Å². The molecule has 0 aliphatic carbocycles. The van der Waals surface area contributed by atoms with Crippen LogP contribution in [0.4, 0.5) is 5.69 Å². The predicted octanol–water partition coefficient (Wildman–Crippen LogP) is 0.197. The zero-order valence-corrected chi connectivity index (χ0v) is 6.99. The van der Waals surface area contributed by atoms with Crippen molar-refractivity contribution in [2.45, 2.75) is 0 Å². The second-order valence-electron chi connectivity index (χ2n) is 2.50. The number of hydrogen-bond donors (Lipinski definition) is 2. The molecule has 0 saturated heterocycles. The monoisotopic (exact) mass is 178 g/mol. The number of rotatable bonds is 3. The van der Waals surface area contributed by atoms with Gasteiger partial charge in [-0.15, -0.1) is 0 Å². The van der Waals surface area contributed by atoms with Gasteiger partial charge in [-0.25, -0.2) is 0 Å². The number of hydrogen-bond acceptors (Lipinski definition) is 3. The van der Waals surface area contributed by atoms with Gasteiger partial charge in [0.1, 0.15) is 6.29 Å². The molecule has 0 fully saturated rings. The number of anilines is 1. The standard InChI is InChI=1S/C9H10N2O2/c10-8-3-1-7(2-4-8)9(13)11-5-6-12/h1-4,6H,5,10H2,(H,11,13). The van der Waals surface area contributed by atoms with Gasteiger partial charge in [0.25, 0.3) is 5.91 Å². The van der Waals surface area contributed by atoms with Crippen molar-refractivity contribution >= 4 is 17.9 Å². The largest absolute Gasteiger partial charge is 0.399 e. The Morgan fingerprint density at radius 3 is 2.54 bits per heavy atom. The lowest BCUT2D eigenvalue weighted by Crippen LogP contribution is -2.24. The lowest BCUT2D eigenvalue weighted by molar-refractivity contribution is -0.107. The maximum absolute atomic E-state index is 11.2. The molecular formula is C9H10N2O2. The summed E-state index contributed by atoms with van der Waals surface area (Å²) >= 11 is 0. The number of carbonyl (C=O) groups is 2. The van der Waals surface area contributed by atoms with Crippen LogP contribution in [0, 0.1) is 0 Å². The highest BCUT2D eigenvalue weighted by atomic mass is 16.2. The van der Waals surface area contributed by atoms with E-state index in [0.717, 1.165) is 0 Å². The second kappa shape index (κ2) is 4.25. The van der Waals surface area contributed by atoms with E-state index in [2.05, 4.69) is 5.32 Å². The van der Waals surface area contributed by atoms with Crippen LogP contribution in [-0.2, 0) is 4.79 Å². The first-order valence-corrected chi connectivity index (χ1v) is 3.81. The number of nitrogen functional groups attached to an aromatic ring is 1. The van der Waals surface area contributed by atoms with Gasteiger partial charge in [0.15, 0.2) is 0 Å². The molecule has 1 aromatic rings. The average molecular weight is 178 g/mol. The molecule has 3 N–H and O–H groups in total. The topological polar surface area (TPSA) is 72.2 Å². The summed E-state index contributed by atoms with van der Waals surface area (Å²) in [5.74, 6) is -0.271. The van der Waals surface area contributed by atoms with Gasteiger partial charge in [0, 0.05) is 11.3 Å². The molecule has 0 unspecified atom stereocenters. The fraction of sp³-hybridized carbons (Fsp3) is 0.111. The summed E-state index contributed by atoms with van der Waals surface area (Å²) in [7, 11) is 0. The van der Waals surface area contributed by atoms with Crippen molar-refractivity contribution in [2.24, 2.45) is 0 Å². The van der Waals surface area contributed by atoms with Crippen molar-refractivity contribution in [2.75, 3.05) is 12.3 Å². The number of nitrogens with one attached hydrogen (secondary N) is 1. The molecule has 4 heteroatoms. The highest BCUT2D eigenvalue weighted by Gasteiger charge is 2.02. The number of nitrogens with two attached hydrogens (primary N) is 1. The van der Waals surface area contributed by atoms with Gasteiger partial charge >= 0.3 is 0 Å². The van der Waals surface area contributed by atoms with Crippen molar-refractivity contribution in [3.8, 4) is 0 Å². The van der Waals surface area contributed by atoms with Gasteiger partial charge in [0.2, 0.25) is 0 Å². The third-order valence-corrected chi connectivity index (χ3v) is 1.52. The van der Waals surface area contributed by atoms with Crippen LogP contribution in [0.1, 0.15) is 10.4 Å². The Morgan fingerprint density at radius 1 is 1.38 bits per heavy atom. The average Bonchev–Trinajstić information content (AvgIpc) is 2.15. The molecule has 4 nitrogen and oxygen atoms in total. The van der Waals surface area contributed by atoms with Gasteiger partial charge < -0.3 is 15.8 Å². The predicted molar refractivity (Wildman–Crippen MR) is 49.3 cm³/mol. The summed E-state index contributed by atoms with van der Waals surface area (Å²) in [4.78, 5) is 21.2. The number of amides is 1. The Morgan fingerprint density at radius 2 is 2.00 bits per heavy atom. The zero-order chi connectivity index (χ0) is 9.68. The lowest BCUT2D eigenvalue weighted by atomic mass is 10.2. The maximum Gasteiger partial charge on any atom is 0.251 e. The van der Waals surface area contributed by atoms with E-state index >= 15 is 0 Å². The Bertz CT molecular complexity index is 306. The highest BCUT2D eigenvalue weighted by molar-refractivity contribution is 5.95. The summed E-state index contributed by atoms with van der Waals surface area (Å²) in [6.45, 7) is 0.0310. The lowest BCUT2D eigenvalue weighted by Gasteiger charge is -2.00. The fourth-order valence-corrected chi connectivity index (χ4v) is 0.871. The summed E-state index contributed by atoms with van der Waals surface area (Å²) in [5, 5.41) is 2.42. The first-order valence-electron chi connectivity index (χ1n) is 3.81. The minimum atomic E-state index is -0.271. The van der Waals surface area contributed by atoms with Gasteiger partial charge in [-0.1, -0.05) is 0 Å². The van der Waals surface area contributed by atoms with Crippen LogP contribution < -0.4 is 11.1 Å². The Hall–Kier alpha value is -1.84. The molecule has 0 aliphatic heterocycles. The van der Waals surface area contributed by atoms with Gasteiger partial charge in [0.05, 0.1) is 6.54 Å². The SMILES string of the molecule is Nc1ccc(C(=O)NCC=O)cc1. The van der Waals surface area contributed by atoms with Crippen LogP contribution >= 0.6 is 0 Å². The summed E-state index contributed by atoms with van der Waals surface area (Å²) in [5.41, 5.74) is 6.54. The van der Waals surface area contributed by atoms with E-state index in [9.17, 15) is 9.59 Å². The van der Waals surface area contributed by atoms with E-state index in [1.807, 2.05) is 0 Å². The van der Waals surface area contributed by atoms with Crippen LogP contribution in [-0.4, -0.2) is 18.7 Å². The van der Waals surface area contributed by atoms with E-state index in [0.29, 0.717) is 17.5 Å². The van der Waals surface area contributed by atoms with E-state index < -0.39 is 0 Å². The number of benzene rings is 1. The molecule has 1 rings (SSSR count). The molecule has 0 bridgehead atoms. The molecular weight excluding hydrogens is 168 g/mol. The number of carbonyl (C=O) groups excluding carboxylic acids is 2. The van der Waals surface area contributed by atoms with Crippen LogP contribution in [0.25, 0.3) is 0 Å². The van der Waals surface area contributed by atoms with Crippen molar-refractivity contribution in [1.82, 2.24) is 5.32 Å². The molecule has 1 aromatic carbocycles. The van der Waals surface area contributed by atoms with Crippen LogP contribution in [0.2, 0.25) is 0 Å². The van der Waals surface area contributed by atoms with Gasteiger partial charge in [-0.2, -0.15) is 0 Å². The summed E-state index contributed by atoms with van der Waals surface area (Å²) < 4.78 is 0. The van der Waals surface area contributed by atoms with E-state index in [4.69, 9.17) is 5.73 Å². The Labute approximate surface area is 75.7 Å². The van der Waals surface area contributed by atoms with E-state index in [1.54, 1.807) is 24.3 Å². The number of aldehydes is 1. The first-order chi connectivity index (χ1) is 6.24. The molecule has 0 aliphatic rings. The van der Waals surface area contributed by atoms with Crippen molar-refractivity contribution in [3.05, 3.63) is 29.8 Å². The highest BCUT2D eigenvalue weighted by Crippen LogP contribution is 2.04. The molecule has 0 spiro atoms. The summed E-state index contributed by atoms with van der Waals surface area (Å²) in [6.07, 6.45) is 0.634. The van der Waals surface area contributed by atoms with Gasteiger partial charge in [-0.05, 0) is 24.3 Å². The first kappa shape index (κ1) is 9.25. The normalized spacial score (nSPS) is 9.23. The van der Waals surface area contributed by atoms with Gasteiger partial charge in [-0.3, -0.25) is 4.79 Å².